The largest absolute Gasteiger partial charge is 0.360 e. The van der Waals surface area contributed by atoms with Crippen LogP contribution in [0.3, 0.4) is 0 Å². The molecular weight excluding hydrogens is 374 g/mol. The molecule has 1 amide bonds. The maximum atomic E-state index is 13.1. The van der Waals surface area contributed by atoms with Crippen LogP contribution in [0.25, 0.3) is 0 Å². The Morgan fingerprint density at radius 1 is 1.29 bits per heavy atom. The number of nitrogens with one attached hydrogen (secondary N) is 1. The molecule has 2 aliphatic rings. The van der Waals surface area contributed by atoms with Crippen LogP contribution in [0, 0.1) is 6.92 Å². The second-order valence-electron chi connectivity index (χ2n) is 8.32. The van der Waals surface area contributed by atoms with Gasteiger partial charge < -0.3 is 14.7 Å². The van der Waals surface area contributed by atoms with Crippen LogP contribution in [-0.2, 0) is 14.6 Å². The van der Waals surface area contributed by atoms with E-state index in [0.29, 0.717) is 13.0 Å². The van der Waals surface area contributed by atoms with Gasteiger partial charge in [-0.15, -0.1) is 0 Å². The molecule has 1 aromatic rings. The second-order valence-corrected chi connectivity index (χ2v) is 10.5. The second kappa shape index (κ2) is 8.82. The zero-order chi connectivity index (χ0) is 20.3. The molecule has 2 saturated heterocycles. The number of anilines is 1. The molecule has 7 heteroatoms. The molecule has 0 radical (unpaired) electrons. The summed E-state index contributed by atoms with van der Waals surface area (Å²) in [6, 6.07) is 8.36. The van der Waals surface area contributed by atoms with Gasteiger partial charge in [-0.25, -0.2) is 8.42 Å². The standard InChI is InChI=1S/C21H33N3O3S/c1-4-18(3)24(19-9-14-28(26,27)16-19)21(25)15-22-10-12-23(13-11-22)20-8-6-5-7-17(20)2/h5-8,18-19H,4,9-16H2,1-3H3/p+1/t18-,19-/m0/s1. The summed E-state index contributed by atoms with van der Waals surface area (Å²) in [5.41, 5.74) is 2.57. The third kappa shape index (κ3) is 4.87. The Labute approximate surface area is 169 Å². The molecule has 1 aromatic carbocycles. The number of nitrogens with zero attached hydrogens (tertiary/aromatic N) is 2. The minimum absolute atomic E-state index is 0.0819. The average molecular weight is 409 g/mol. The number of rotatable bonds is 6. The SMILES string of the molecule is CC[C@H](C)N(C(=O)C[NH+]1CCN(c2ccccc2C)CC1)[C@H]1CCS(=O)(=O)C1. The lowest BCUT2D eigenvalue weighted by atomic mass is 10.1. The Kier molecular flexibility index (Phi) is 6.65. The topological polar surface area (TPSA) is 62.1 Å². The molecule has 0 bridgehead atoms. The van der Waals surface area contributed by atoms with Gasteiger partial charge in [0.1, 0.15) is 0 Å². The molecule has 0 aromatic heterocycles. The minimum Gasteiger partial charge on any atom is -0.360 e. The highest BCUT2D eigenvalue weighted by Crippen LogP contribution is 2.21. The first-order valence-electron chi connectivity index (χ1n) is 10.5. The number of piperazine rings is 1. The predicted molar refractivity (Wildman–Crippen MR) is 113 cm³/mol. The molecule has 2 fully saturated rings. The molecule has 1 N–H and O–H groups in total. The van der Waals surface area contributed by atoms with E-state index in [1.165, 1.54) is 16.2 Å². The summed E-state index contributed by atoms with van der Waals surface area (Å²) in [5, 5.41) is 0. The van der Waals surface area contributed by atoms with Crippen LogP contribution in [0.5, 0.6) is 0 Å². The van der Waals surface area contributed by atoms with Gasteiger partial charge in [0.25, 0.3) is 5.91 Å². The summed E-state index contributed by atoms with van der Waals surface area (Å²) in [5.74, 6) is 0.440. The van der Waals surface area contributed by atoms with E-state index in [1.807, 2.05) is 11.8 Å². The fraction of sp³-hybridized carbons (Fsp3) is 0.667. The van der Waals surface area contributed by atoms with E-state index in [0.717, 1.165) is 32.6 Å². The quantitative estimate of drug-likeness (QED) is 0.745. The van der Waals surface area contributed by atoms with Crippen molar-refractivity contribution >= 4 is 21.4 Å². The van der Waals surface area contributed by atoms with Gasteiger partial charge in [-0.1, -0.05) is 25.1 Å². The van der Waals surface area contributed by atoms with Crippen LogP contribution in [0.2, 0.25) is 0 Å². The zero-order valence-electron chi connectivity index (χ0n) is 17.4. The predicted octanol–water partition coefficient (Wildman–Crippen LogP) is 0.514. The maximum absolute atomic E-state index is 13.1. The molecule has 28 heavy (non-hydrogen) atoms. The first-order chi connectivity index (χ1) is 13.3. The highest BCUT2D eigenvalue weighted by molar-refractivity contribution is 7.91. The molecule has 2 atom stereocenters. The van der Waals surface area contributed by atoms with Crippen LogP contribution in [0.15, 0.2) is 24.3 Å². The third-order valence-corrected chi connectivity index (χ3v) is 8.03. The number of hydrogen-bond donors (Lipinski definition) is 1. The van der Waals surface area contributed by atoms with Gasteiger partial charge in [-0.2, -0.15) is 0 Å². The van der Waals surface area contributed by atoms with Crippen LogP contribution < -0.4 is 9.80 Å². The Balaban J connectivity index is 1.59. The monoisotopic (exact) mass is 408 g/mol. The van der Waals surface area contributed by atoms with E-state index in [9.17, 15) is 13.2 Å². The van der Waals surface area contributed by atoms with E-state index in [1.54, 1.807) is 0 Å². The Morgan fingerprint density at radius 2 is 1.96 bits per heavy atom. The fourth-order valence-electron chi connectivity index (χ4n) is 4.46. The Bertz CT molecular complexity index is 788. The van der Waals surface area contributed by atoms with Crippen LogP contribution in [0.1, 0.15) is 32.3 Å². The van der Waals surface area contributed by atoms with Crippen molar-refractivity contribution < 1.29 is 18.1 Å². The maximum Gasteiger partial charge on any atom is 0.278 e. The van der Waals surface area contributed by atoms with Crippen molar-refractivity contribution in [2.24, 2.45) is 0 Å². The number of amides is 1. The first kappa shape index (κ1) is 21.1. The van der Waals surface area contributed by atoms with Crippen molar-refractivity contribution in [1.82, 2.24) is 4.90 Å². The van der Waals surface area contributed by atoms with Gasteiger partial charge in [-0.3, -0.25) is 4.79 Å². The van der Waals surface area contributed by atoms with Crippen molar-refractivity contribution in [3.05, 3.63) is 29.8 Å². The van der Waals surface area contributed by atoms with Gasteiger partial charge in [0.05, 0.1) is 37.7 Å². The molecular formula is C21H34N3O3S+. The molecule has 0 aliphatic carbocycles. The van der Waals surface area contributed by atoms with Crippen LogP contribution in [0.4, 0.5) is 5.69 Å². The van der Waals surface area contributed by atoms with Gasteiger partial charge >= 0.3 is 0 Å². The van der Waals surface area contributed by atoms with Crippen molar-refractivity contribution in [1.29, 1.82) is 0 Å². The summed E-state index contributed by atoms with van der Waals surface area (Å²) >= 11 is 0. The molecule has 3 rings (SSSR count). The van der Waals surface area contributed by atoms with Crippen LogP contribution in [-0.4, -0.2) is 75.5 Å². The Morgan fingerprint density at radius 3 is 2.54 bits per heavy atom. The number of sulfone groups is 1. The summed E-state index contributed by atoms with van der Waals surface area (Å²) in [6.07, 6.45) is 1.42. The number of aryl methyl sites for hydroxylation is 1. The number of carbonyl (C=O) groups is 1. The van der Waals surface area contributed by atoms with Crippen molar-refractivity contribution in [3.8, 4) is 0 Å². The van der Waals surface area contributed by atoms with Gasteiger partial charge in [-0.05, 0) is 38.3 Å². The van der Waals surface area contributed by atoms with E-state index in [2.05, 4.69) is 43.0 Å². The van der Waals surface area contributed by atoms with Gasteiger partial charge in [0.2, 0.25) is 0 Å². The van der Waals surface area contributed by atoms with E-state index in [-0.39, 0.29) is 29.5 Å². The molecule has 2 aliphatic heterocycles. The van der Waals surface area contributed by atoms with E-state index >= 15 is 0 Å². The number of quaternary nitrogens is 1. The average Bonchev–Trinajstić information content (AvgIpc) is 3.02. The molecule has 0 spiro atoms. The van der Waals surface area contributed by atoms with Gasteiger partial charge in [0.15, 0.2) is 16.4 Å². The third-order valence-electron chi connectivity index (χ3n) is 6.28. The summed E-state index contributed by atoms with van der Waals surface area (Å²) < 4.78 is 23.8. The zero-order valence-corrected chi connectivity index (χ0v) is 18.2. The molecule has 156 valence electrons. The molecule has 0 unspecified atom stereocenters. The summed E-state index contributed by atoms with van der Waals surface area (Å²) in [4.78, 5) is 18.7. The number of para-hydroxylation sites is 1. The lowest BCUT2D eigenvalue weighted by molar-refractivity contribution is -0.892. The number of hydrogen-bond acceptors (Lipinski definition) is 4. The highest BCUT2D eigenvalue weighted by atomic mass is 32.2. The fourth-order valence-corrected chi connectivity index (χ4v) is 6.18. The van der Waals surface area contributed by atoms with Crippen molar-refractivity contribution in [2.45, 2.75) is 45.7 Å². The summed E-state index contributed by atoms with van der Waals surface area (Å²) in [6.45, 7) is 10.4. The normalized spacial score (nSPS) is 23.5. The Hall–Kier alpha value is -1.60. The highest BCUT2D eigenvalue weighted by Gasteiger charge is 2.38. The lowest BCUT2D eigenvalue weighted by Crippen LogP contribution is -3.16. The smallest absolute Gasteiger partial charge is 0.278 e. The van der Waals surface area contributed by atoms with E-state index in [4.69, 9.17) is 0 Å². The molecule has 2 heterocycles. The van der Waals surface area contributed by atoms with Crippen molar-refractivity contribution in [3.63, 3.8) is 0 Å². The molecule has 0 saturated carbocycles. The lowest BCUT2D eigenvalue weighted by Gasteiger charge is -2.37. The number of benzene rings is 1. The van der Waals surface area contributed by atoms with Crippen molar-refractivity contribution in [2.75, 3.05) is 49.1 Å². The van der Waals surface area contributed by atoms with E-state index < -0.39 is 9.84 Å². The van der Waals surface area contributed by atoms with Gasteiger partial charge in [0, 0.05) is 17.8 Å². The molecule has 6 nitrogen and oxygen atoms in total. The van der Waals surface area contributed by atoms with Crippen LogP contribution >= 0.6 is 0 Å². The minimum atomic E-state index is -3.00. The number of carbonyl (C=O) groups excluding carboxylic acids is 1. The summed E-state index contributed by atoms with van der Waals surface area (Å²) in [7, 11) is -3.00. The first-order valence-corrected chi connectivity index (χ1v) is 12.3.